The van der Waals surface area contributed by atoms with Crippen LogP contribution in [0.2, 0.25) is 0 Å². The van der Waals surface area contributed by atoms with Crippen molar-refractivity contribution in [1.82, 2.24) is 10.2 Å². The van der Waals surface area contributed by atoms with E-state index in [-0.39, 0.29) is 12.5 Å². The maximum absolute atomic E-state index is 13.5. The topological polar surface area (TPSA) is 86.7 Å². The molecule has 0 aromatic heterocycles. The number of halogens is 1. The van der Waals surface area contributed by atoms with E-state index in [1.165, 1.54) is 25.1 Å². The number of amides is 2. The summed E-state index contributed by atoms with van der Waals surface area (Å²) in [6.07, 6.45) is 1.28. The van der Waals surface area contributed by atoms with Gasteiger partial charge < -0.3 is 15.3 Å². The Morgan fingerprint density at radius 3 is 2.52 bits per heavy atom. The van der Waals surface area contributed by atoms with Crippen LogP contribution in [0.15, 0.2) is 18.2 Å². The number of carbonyl (C=O) groups is 3. The molecule has 6 nitrogen and oxygen atoms in total. The Hall–Kier alpha value is -2.44. The molecule has 0 spiro atoms. The first-order valence-corrected chi connectivity index (χ1v) is 9.09. The molecule has 1 fully saturated rings. The molecule has 1 aromatic carbocycles. The smallest absolute Gasteiger partial charge is 0.330 e. The SMILES string of the molecule is Cc1cc(C(NC(=O)C2CCCN(C(=O)C(C)(C)C)C2)C(=O)O)ccc1F. The number of aryl methyl sites for hydroxylation is 1. The number of nitrogens with zero attached hydrogens (tertiary/aromatic N) is 1. The summed E-state index contributed by atoms with van der Waals surface area (Å²) in [5.41, 5.74) is 0.0916. The van der Waals surface area contributed by atoms with E-state index in [9.17, 15) is 23.9 Å². The van der Waals surface area contributed by atoms with E-state index < -0.39 is 35.1 Å². The Labute approximate surface area is 158 Å². The Bertz CT molecular complexity index is 742. The fraction of sp³-hybridized carbons (Fsp3) is 0.550. The van der Waals surface area contributed by atoms with Gasteiger partial charge in [-0.15, -0.1) is 0 Å². The molecule has 2 unspecified atom stereocenters. The maximum atomic E-state index is 13.5. The number of hydrogen-bond donors (Lipinski definition) is 2. The third kappa shape index (κ3) is 5.05. The van der Waals surface area contributed by atoms with Crippen molar-refractivity contribution in [2.75, 3.05) is 13.1 Å². The minimum absolute atomic E-state index is 0.0241. The number of carboxylic acids is 1. The molecule has 0 radical (unpaired) electrons. The van der Waals surface area contributed by atoms with Crippen molar-refractivity contribution in [3.63, 3.8) is 0 Å². The average Bonchev–Trinajstić information content (AvgIpc) is 2.60. The van der Waals surface area contributed by atoms with Gasteiger partial charge in [-0.05, 0) is 37.0 Å². The molecule has 2 amide bonds. The summed E-state index contributed by atoms with van der Waals surface area (Å²) in [6.45, 7) is 7.90. The molecular weight excluding hydrogens is 351 g/mol. The summed E-state index contributed by atoms with van der Waals surface area (Å²) in [7, 11) is 0. The maximum Gasteiger partial charge on any atom is 0.330 e. The summed E-state index contributed by atoms with van der Waals surface area (Å²) in [4.78, 5) is 38.5. The summed E-state index contributed by atoms with van der Waals surface area (Å²) in [5.74, 6) is -2.54. The normalized spacial score (nSPS) is 18.7. The van der Waals surface area contributed by atoms with Crippen LogP contribution in [0.25, 0.3) is 0 Å². The van der Waals surface area contributed by atoms with Crippen LogP contribution in [0.3, 0.4) is 0 Å². The number of carbonyl (C=O) groups excluding carboxylic acids is 2. The van der Waals surface area contributed by atoms with Crippen LogP contribution in [-0.2, 0) is 14.4 Å². The third-order valence-electron chi connectivity index (χ3n) is 4.77. The summed E-state index contributed by atoms with van der Waals surface area (Å²) in [5, 5.41) is 12.1. The van der Waals surface area contributed by atoms with Gasteiger partial charge in [-0.2, -0.15) is 0 Å². The highest BCUT2D eigenvalue weighted by atomic mass is 19.1. The van der Waals surface area contributed by atoms with E-state index in [1.807, 2.05) is 20.8 Å². The molecule has 1 aliphatic heterocycles. The first kappa shape index (κ1) is 20.9. The zero-order chi connectivity index (χ0) is 20.4. The first-order valence-electron chi connectivity index (χ1n) is 9.09. The summed E-state index contributed by atoms with van der Waals surface area (Å²) in [6, 6.07) is 2.71. The van der Waals surface area contributed by atoms with Crippen LogP contribution in [0.5, 0.6) is 0 Å². The average molecular weight is 378 g/mol. The Balaban J connectivity index is 2.12. The fourth-order valence-corrected chi connectivity index (χ4v) is 3.25. The monoisotopic (exact) mass is 378 g/mol. The van der Waals surface area contributed by atoms with Gasteiger partial charge in [0.1, 0.15) is 5.82 Å². The van der Waals surface area contributed by atoms with Crippen molar-refractivity contribution < 1.29 is 23.9 Å². The highest BCUT2D eigenvalue weighted by molar-refractivity contribution is 5.87. The van der Waals surface area contributed by atoms with Gasteiger partial charge in [-0.3, -0.25) is 9.59 Å². The Morgan fingerprint density at radius 2 is 1.96 bits per heavy atom. The molecule has 27 heavy (non-hydrogen) atoms. The van der Waals surface area contributed by atoms with Gasteiger partial charge in [0.05, 0.1) is 5.92 Å². The number of likely N-dealkylation sites (tertiary alicyclic amines) is 1. The number of nitrogens with one attached hydrogen (secondary N) is 1. The lowest BCUT2D eigenvalue weighted by Crippen LogP contribution is -2.49. The van der Waals surface area contributed by atoms with E-state index in [0.29, 0.717) is 30.5 Å². The number of carboxylic acid groups (broad SMARTS) is 1. The van der Waals surface area contributed by atoms with Crippen molar-refractivity contribution in [1.29, 1.82) is 0 Å². The van der Waals surface area contributed by atoms with Crippen molar-refractivity contribution in [2.45, 2.75) is 46.6 Å². The summed E-state index contributed by atoms with van der Waals surface area (Å²) >= 11 is 0. The molecule has 0 saturated carbocycles. The lowest BCUT2D eigenvalue weighted by Gasteiger charge is -2.36. The van der Waals surface area contributed by atoms with Crippen LogP contribution in [0, 0.1) is 24.1 Å². The number of benzene rings is 1. The standard InChI is InChI=1S/C20H27FN2O4/c1-12-10-13(7-8-15(12)21)16(18(25)26)22-17(24)14-6-5-9-23(11-14)19(27)20(2,3)4/h7-8,10,14,16H,5-6,9,11H2,1-4H3,(H,22,24)(H,25,26). The van der Waals surface area contributed by atoms with E-state index in [4.69, 9.17) is 0 Å². The molecule has 0 aliphatic carbocycles. The van der Waals surface area contributed by atoms with Gasteiger partial charge in [0.25, 0.3) is 0 Å². The van der Waals surface area contributed by atoms with Gasteiger partial charge in [-0.25, -0.2) is 9.18 Å². The van der Waals surface area contributed by atoms with Gasteiger partial charge in [0, 0.05) is 18.5 Å². The van der Waals surface area contributed by atoms with Crippen molar-refractivity contribution in [2.24, 2.45) is 11.3 Å². The highest BCUT2D eigenvalue weighted by Gasteiger charge is 2.34. The van der Waals surface area contributed by atoms with Crippen molar-refractivity contribution in [3.05, 3.63) is 35.1 Å². The molecular formula is C20H27FN2O4. The zero-order valence-electron chi connectivity index (χ0n) is 16.2. The second kappa shape index (κ2) is 8.06. The van der Waals surface area contributed by atoms with E-state index in [0.717, 1.165) is 0 Å². The fourth-order valence-electron chi connectivity index (χ4n) is 3.25. The lowest BCUT2D eigenvalue weighted by atomic mass is 9.90. The molecule has 1 aromatic rings. The predicted molar refractivity (Wildman–Crippen MR) is 98.4 cm³/mol. The zero-order valence-corrected chi connectivity index (χ0v) is 16.2. The molecule has 2 atom stereocenters. The number of piperidine rings is 1. The molecule has 148 valence electrons. The van der Waals surface area contributed by atoms with Gasteiger partial charge >= 0.3 is 5.97 Å². The minimum atomic E-state index is -1.26. The third-order valence-corrected chi connectivity index (χ3v) is 4.77. The lowest BCUT2D eigenvalue weighted by molar-refractivity contribution is -0.145. The summed E-state index contributed by atoms with van der Waals surface area (Å²) < 4.78 is 13.5. The largest absolute Gasteiger partial charge is 0.479 e. The number of aliphatic carboxylic acids is 1. The predicted octanol–water partition coefficient (Wildman–Crippen LogP) is 2.66. The first-order chi connectivity index (χ1) is 12.5. The van der Waals surface area contributed by atoms with Crippen LogP contribution in [0.4, 0.5) is 4.39 Å². The van der Waals surface area contributed by atoms with Crippen LogP contribution in [-0.4, -0.2) is 40.9 Å². The highest BCUT2D eigenvalue weighted by Crippen LogP contribution is 2.25. The van der Waals surface area contributed by atoms with Crippen LogP contribution >= 0.6 is 0 Å². The van der Waals surface area contributed by atoms with Crippen molar-refractivity contribution in [3.8, 4) is 0 Å². The molecule has 1 heterocycles. The number of rotatable bonds is 4. The molecule has 1 saturated heterocycles. The van der Waals surface area contributed by atoms with Crippen molar-refractivity contribution >= 4 is 17.8 Å². The molecule has 2 rings (SSSR count). The van der Waals surface area contributed by atoms with Gasteiger partial charge in [0.2, 0.25) is 11.8 Å². The second-order valence-corrected chi connectivity index (χ2v) is 8.13. The molecule has 2 N–H and O–H groups in total. The number of hydrogen-bond acceptors (Lipinski definition) is 3. The molecule has 1 aliphatic rings. The Kier molecular flexibility index (Phi) is 6.23. The minimum Gasteiger partial charge on any atom is -0.479 e. The molecule has 7 heteroatoms. The Morgan fingerprint density at radius 1 is 1.30 bits per heavy atom. The van der Waals surface area contributed by atoms with Gasteiger partial charge in [-0.1, -0.05) is 32.9 Å². The van der Waals surface area contributed by atoms with Crippen LogP contribution in [0.1, 0.15) is 50.8 Å². The van der Waals surface area contributed by atoms with E-state index in [1.54, 1.807) is 4.90 Å². The second-order valence-electron chi connectivity index (χ2n) is 8.13. The quantitative estimate of drug-likeness (QED) is 0.843. The van der Waals surface area contributed by atoms with E-state index >= 15 is 0 Å². The molecule has 0 bridgehead atoms. The van der Waals surface area contributed by atoms with Gasteiger partial charge in [0.15, 0.2) is 6.04 Å². The van der Waals surface area contributed by atoms with Crippen LogP contribution < -0.4 is 5.32 Å². The van der Waals surface area contributed by atoms with E-state index in [2.05, 4.69) is 5.32 Å².